The van der Waals surface area contributed by atoms with Crippen molar-refractivity contribution in [1.29, 1.82) is 0 Å². The number of para-hydroxylation sites is 1. The van der Waals surface area contributed by atoms with Gasteiger partial charge in [-0.15, -0.1) is 0 Å². The second kappa shape index (κ2) is 4.29. The molecule has 18 heavy (non-hydrogen) atoms. The molecule has 0 saturated carbocycles. The second-order valence-electron chi connectivity index (χ2n) is 3.68. The summed E-state index contributed by atoms with van der Waals surface area (Å²) in [6, 6.07) is 12.8. The number of rotatable bonds is 2. The molecule has 0 N–H and O–H groups in total. The molecule has 0 aliphatic heterocycles. The highest BCUT2D eigenvalue weighted by atomic mass is 16.5. The zero-order chi connectivity index (χ0) is 12.4. The first-order chi connectivity index (χ1) is 8.86. The molecule has 0 fully saturated rings. The van der Waals surface area contributed by atoms with E-state index in [2.05, 4.69) is 10.1 Å². The minimum atomic E-state index is -0.514. The first-order valence-electron chi connectivity index (χ1n) is 5.41. The van der Waals surface area contributed by atoms with Crippen molar-refractivity contribution in [2.45, 2.75) is 0 Å². The number of hydrogen-bond acceptors (Lipinski definition) is 4. The van der Waals surface area contributed by atoms with Crippen molar-refractivity contribution in [2.24, 2.45) is 0 Å². The van der Waals surface area contributed by atoms with Crippen LogP contribution in [0.25, 0.3) is 17.1 Å². The van der Waals surface area contributed by atoms with E-state index < -0.39 is 5.76 Å². The monoisotopic (exact) mass is 239 g/mol. The summed E-state index contributed by atoms with van der Waals surface area (Å²) in [6.45, 7) is 0. The zero-order valence-corrected chi connectivity index (χ0v) is 9.35. The van der Waals surface area contributed by atoms with Crippen molar-refractivity contribution < 1.29 is 4.52 Å². The van der Waals surface area contributed by atoms with Crippen LogP contribution in [-0.2, 0) is 0 Å². The summed E-state index contributed by atoms with van der Waals surface area (Å²) in [5, 5.41) is 3.80. The predicted molar refractivity (Wildman–Crippen MR) is 65.3 cm³/mol. The maximum absolute atomic E-state index is 11.7. The van der Waals surface area contributed by atoms with Crippen LogP contribution < -0.4 is 5.76 Å². The van der Waals surface area contributed by atoms with E-state index in [0.29, 0.717) is 11.5 Å². The van der Waals surface area contributed by atoms with E-state index in [1.54, 1.807) is 18.5 Å². The van der Waals surface area contributed by atoms with E-state index in [1.807, 2.05) is 36.4 Å². The van der Waals surface area contributed by atoms with E-state index in [4.69, 9.17) is 4.52 Å². The summed E-state index contributed by atoms with van der Waals surface area (Å²) in [6.07, 6.45) is 3.30. The van der Waals surface area contributed by atoms with Crippen molar-refractivity contribution in [1.82, 2.24) is 14.7 Å². The van der Waals surface area contributed by atoms with Crippen LogP contribution in [0.5, 0.6) is 0 Å². The van der Waals surface area contributed by atoms with Crippen LogP contribution in [0.4, 0.5) is 0 Å². The number of benzene rings is 1. The van der Waals surface area contributed by atoms with Crippen molar-refractivity contribution in [3.05, 3.63) is 65.4 Å². The molecule has 0 spiro atoms. The predicted octanol–water partition coefficient (Wildman–Crippen LogP) is 1.89. The maximum Gasteiger partial charge on any atom is 0.446 e. The fraction of sp³-hybridized carbons (Fsp3) is 0. The molecule has 0 bridgehead atoms. The molecule has 0 radical (unpaired) electrons. The first-order valence-corrected chi connectivity index (χ1v) is 5.41. The van der Waals surface area contributed by atoms with Gasteiger partial charge in [0.25, 0.3) is 0 Å². The number of nitrogens with zero attached hydrogens (tertiary/aromatic N) is 3. The normalized spacial score (nSPS) is 10.4. The van der Waals surface area contributed by atoms with Crippen LogP contribution in [0.3, 0.4) is 0 Å². The summed E-state index contributed by atoms with van der Waals surface area (Å²) < 4.78 is 6.15. The smallest absolute Gasteiger partial charge is 0.295 e. The Kier molecular flexibility index (Phi) is 2.49. The Balaban J connectivity index is 2.23. The number of hydrogen-bond donors (Lipinski definition) is 0. The number of aromatic nitrogens is 3. The molecule has 0 unspecified atom stereocenters. The van der Waals surface area contributed by atoms with Gasteiger partial charge >= 0.3 is 5.76 Å². The highest BCUT2D eigenvalue weighted by molar-refractivity contribution is 5.56. The van der Waals surface area contributed by atoms with Gasteiger partial charge in [0, 0.05) is 18.0 Å². The molecule has 3 rings (SSSR count). The SMILES string of the molecule is O=c1onc(-c2cccnc2)n1-c1ccccc1. The van der Waals surface area contributed by atoms with Crippen LogP contribution in [0, 0.1) is 0 Å². The highest BCUT2D eigenvalue weighted by Gasteiger charge is 2.13. The molecule has 5 heteroatoms. The fourth-order valence-corrected chi connectivity index (χ4v) is 1.73. The third-order valence-electron chi connectivity index (χ3n) is 2.54. The average molecular weight is 239 g/mol. The molecule has 0 amide bonds. The minimum Gasteiger partial charge on any atom is -0.295 e. The van der Waals surface area contributed by atoms with Gasteiger partial charge in [-0.05, 0) is 24.3 Å². The molecule has 0 aliphatic rings. The molecule has 2 heterocycles. The van der Waals surface area contributed by atoms with Gasteiger partial charge in [0.05, 0.1) is 5.69 Å². The molecule has 5 nitrogen and oxygen atoms in total. The third-order valence-corrected chi connectivity index (χ3v) is 2.54. The van der Waals surface area contributed by atoms with E-state index >= 15 is 0 Å². The Morgan fingerprint density at radius 2 is 1.89 bits per heavy atom. The standard InChI is InChI=1S/C13H9N3O2/c17-13-16(11-6-2-1-3-7-11)12(15-18-13)10-5-4-8-14-9-10/h1-9H. The number of pyridine rings is 1. The molecule has 88 valence electrons. The van der Waals surface area contributed by atoms with Crippen molar-refractivity contribution >= 4 is 0 Å². The summed E-state index contributed by atoms with van der Waals surface area (Å²) in [5.74, 6) is -0.0700. The van der Waals surface area contributed by atoms with Crippen LogP contribution in [0.1, 0.15) is 0 Å². The molecule has 0 atom stereocenters. The quantitative estimate of drug-likeness (QED) is 0.685. The highest BCUT2D eigenvalue weighted by Crippen LogP contribution is 2.17. The maximum atomic E-state index is 11.7. The third kappa shape index (κ3) is 1.71. The van der Waals surface area contributed by atoms with Crippen LogP contribution in [-0.4, -0.2) is 14.7 Å². The van der Waals surface area contributed by atoms with Crippen LogP contribution in [0.15, 0.2) is 64.2 Å². The van der Waals surface area contributed by atoms with Gasteiger partial charge in [-0.25, -0.2) is 9.36 Å². The lowest BCUT2D eigenvalue weighted by atomic mass is 10.2. The molecular weight excluding hydrogens is 230 g/mol. The van der Waals surface area contributed by atoms with Gasteiger partial charge in [0.1, 0.15) is 0 Å². The Bertz CT molecular complexity index is 702. The second-order valence-corrected chi connectivity index (χ2v) is 3.68. The molecule has 3 aromatic rings. The van der Waals surface area contributed by atoms with Crippen molar-refractivity contribution in [3.63, 3.8) is 0 Å². The summed E-state index contributed by atoms with van der Waals surface area (Å²) in [5.41, 5.74) is 1.44. The van der Waals surface area contributed by atoms with E-state index in [0.717, 1.165) is 5.56 Å². The fourth-order valence-electron chi connectivity index (χ4n) is 1.73. The molecule has 1 aromatic carbocycles. The lowest BCUT2D eigenvalue weighted by Gasteiger charge is -2.03. The zero-order valence-electron chi connectivity index (χ0n) is 9.35. The molecule has 2 aromatic heterocycles. The van der Waals surface area contributed by atoms with E-state index in [1.165, 1.54) is 4.57 Å². The van der Waals surface area contributed by atoms with Gasteiger partial charge in [-0.1, -0.05) is 23.4 Å². The first kappa shape index (κ1) is 10.5. The van der Waals surface area contributed by atoms with Gasteiger partial charge in [-0.3, -0.25) is 9.51 Å². The van der Waals surface area contributed by atoms with Gasteiger partial charge in [0.2, 0.25) is 0 Å². The lowest BCUT2D eigenvalue weighted by Crippen LogP contribution is -2.12. The summed E-state index contributed by atoms with van der Waals surface area (Å²) in [4.78, 5) is 15.7. The topological polar surface area (TPSA) is 60.9 Å². The van der Waals surface area contributed by atoms with E-state index in [-0.39, 0.29) is 0 Å². The Hall–Kier alpha value is -2.69. The Morgan fingerprint density at radius 1 is 1.06 bits per heavy atom. The van der Waals surface area contributed by atoms with Crippen molar-refractivity contribution in [2.75, 3.05) is 0 Å². The molecule has 0 saturated heterocycles. The Labute approximate surface area is 102 Å². The average Bonchev–Trinajstić information content (AvgIpc) is 2.83. The van der Waals surface area contributed by atoms with Crippen LogP contribution in [0.2, 0.25) is 0 Å². The minimum absolute atomic E-state index is 0.444. The summed E-state index contributed by atoms with van der Waals surface area (Å²) in [7, 11) is 0. The van der Waals surface area contributed by atoms with Crippen molar-refractivity contribution in [3.8, 4) is 17.1 Å². The largest absolute Gasteiger partial charge is 0.446 e. The van der Waals surface area contributed by atoms with Gasteiger partial charge in [-0.2, -0.15) is 0 Å². The van der Waals surface area contributed by atoms with E-state index in [9.17, 15) is 4.79 Å². The van der Waals surface area contributed by atoms with Gasteiger partial charge in [0.15, 0.2) is 5.82 Å². The lowest BCUT2D eigenvalue weighted by molar-refractivity contribution is 0.383. The molecule has 0 aliphatic carbocycles. The van der Waals surface area contributed by atoms with Crippen LogP contribution >= 0.6 is 0 Å². The van der Waals surface area contributed by atoms with Gasteiger partial charge < -0.3 is 0 Å². The Morgan fingerprint density at radius 3 is 2.61 bits per heavy atom. The summed E-state index contributed by atoms with van der Waals surface area (Å²) >= 11 is 0. The molecular formula is C13H9N3O2.